The highest BCUT2D eigenvalue weighted by Crippen LogP contribution is 2.27. The molecule has 0 aliphatic rings. The first-order valence-corrected chi connectivity index (χ1v) is 8.26. The summed E-state index contributed by atoms with van der Waals surface area (Å²) in [4.78, 5) is 12.5. The maximum atomic E-state index is 13.6. The van der Waals surface area contributed by atoms with Crippen LogP contribution >= 0.6 is 0 Å². The van der Waals surface area contributed by atoms with Crippen molar-refractivity contribution in [3.05, 3.63) is 53.6 Å². The minimum Gasteiger partial charge on any atom is -0.493 e. The van der Waals surface area contributed by atoms with E-state index in [1.54, 1.807) is 4.83 Å². The molecule has 0 aliphatic heterocycles. The molecular weight excluding hydrogens is 358 g/mol. The van der Waals surface area contributed by atoms with Gasteiger partial charge in [0.05, 0.1) is 14.2 Å². The Labute approximate surface area is 142 Å². The zero-order valence-corrected chi connectivity index (χ0v) is 14.0. The van der Waals surface area contributed by atoms with Crippen LogP contribution in [-0.4, -0.2) is 28.5 Å². The van der Waals surface area contributed by atoms with Crippen LogP contribution in [-0.2, 0) is 10.0 Å². The molecule has 2 rings (SSSR count). The third-order valence-corrected chi connectivity index (χ3v) is 4.43. The molecule has 134 valence electrons. The van der Waals surface area contributed by atoms with Gasteiger partial charge in [-0.05, 0) is 30.3 Å². The summed E-state index contributed by atoms with van der Waals surface area (Å²) in [6, 6.07) is 6.70. The van der Waals surface area contributed by atoms with E-state index in [-0.39, 0.29) is 11.3 Å². The predicted molar refractivity (Wildman–Crippen MR) is 83.7 cm³/mol. The van der Waals surface area contributed by atoms with Crippen LogP contribution in [0.1, 0.15) is 10.4 Å². The van der Waals surface area contributed by atoms with Gasteiger partial charge in [-0.2, -0.15) is 0 Å². The molecule has 0 heterocycles. The van der Waals surface area contributed by atoms with Crippen molar-refractivity contribution in [1.29, 1.82) is 0 Å². The van der Waals surface area contributed by atoms with Gasteiger partial charge in [0.15, 0.2) is 16.4 Å². The molecule has 0 saturated heterocycles. The lowest BCUT2D eigenvalue weighted by atomic mass is 10.2. The fourth-order valence-electron chi connectivity index (χ4n) is 1.95. The van der Waals surface area contributed by atoms with Gasteiger partial charge in [-0.15, -0.1) is 4.83 Å². The van der Waals surface area contributed by atoms with Crippen LogP contribution in [0.3, 0.4) is 0 Å². The standard InChI is InChI=1S/C15H14F2N2O5S/c1-23-12-7-6-9(8-13(12)24-2)15(20)18-19-25(21,22)14-10(16)4-3-5-11(14)17/h3-8,19H,1-2H3,(H,18,20). The van der Waals surface area contributed by atoms with Gasteiger partial charge in [0, 0.05) is 5.56 Å². The van der Waals surface area contributed by atoms with E-state index in [0.29, 0.717) is 5.75 Å². The van der Waals surface area contributed by atoms with E-state index in [9.17, 15) is 22.0 Å². The molecule has 7 nitrogen and oxygen atoms in total. The minimum atomic E-state index is -4.64. The minimum absolute atomic E-state index is 0.0364. The van der Waals surface area contributed by atoms with E-state index in [0.717, 1.165) is 18.2 Å². The summed E-state index contributed by atoms with van der Waals surface area (Å²) in [6.45, 7) is 0. The van der Waals surface area contributed by atoms with Crippen LogP contribution in [0.5, 0.6) is 11.5 Å². The van der Waals surface area contributed by atoms with E-state index in [1.807, 2.05) is 5.43 Å². The van der Waals surface area contributed by atoms with Crippen LogP contribution in [0, 0.1) is 11.6 Å². The van der Waals surface area contributed by atoms with Gasteiger partial charge in [-0.3, -0.25) is 10.2 Å². The third-order valence-electron chi connectivity index (χ3n) is 3.13. The zero-order valence-electron chi connectivity index (χ0n) is 13.2. The van der Waals surface area contributed by atoms with Crippen molar-refractivity contribution in [2.75, 3.05) is 14.2 Å². The monoisotopic (exact) mass is 372 g/mol. The third kappa shape index (κ3) is 4.03. The van der Waals surface area contributed by atoms with E-state index in [2.05, 4.69) is 0 Å². The Bertz CT molecular complexity index is 883. The first-order valence-electron chi connectivity index (χ1n) is 6.78. The molecule has 0 spiro atoms. The number of hydrogen-bond donors (Lipinski definition) is 2. The van der Waals surface area contributed by atoms with Crippen LogP contribution in [0.15, 0.2) is 41.3 Å². The quantitative estimate of drug-likeness (QED) is 0.752. The van der Waals surface area contributed by atoms with Crippen molar-refractivity contribution in [2.45, 2.75) is 4.90 Å². The number of methoxy groups -OCH3 is 2. The lowest BCUT2D eigenvalue weighted by Gasteiger charge is -2.11. The average molecular weight is 372 g/mol. The first kappa shape index (κ1) is 18.6. The van der Waals surface area contributed by atoms with E-state index < -0.39 is 32.5 Å². The van der Waals surface area contributed by atoms with Crippen LogP contribution in [0.4, 0.5) is 8.78 Å². The van der Waals surface area contributed by atoms with Crippen molar-refractivity contribution in [2.24, 2.45) is 0 Å². The summed E-state index contributed by atoms with van der Waals surface area (Å²) >= 11 is 0. The number of ether oxygens (including phenoxy) is 2. The maximum Gasteiger partial charge on any atom is 0.266 e. The lowest BCUT2D eigenvalue weighted by Crippen LogP contribution is -2.42. The van der Waals surface area contributed by atoms with Gasteiger partial charge >= 0.3 is 0 Å². The molecule has 0 atom stereocenters. The summed E-state index contributed by atoms with van der Waals surface area (Å²) in [5, 5.41) is 0. The summed E-state index contributed by atoms with van der Waals surface area (Å²) in [5.74, 6) is -2.81. The molecule has 0 aromatic heterocycles. The highest BCUT2D eigenvalue weighted by molar-refractivity contribution is 7.89. The Balaban J connectivity index is 2.19. The number of halogens is 2. The second-order valence-electron chi connectivity index (χ2n) is 4.68. The lowest BCUT2D eigenvalue weighted by molar-refractivity contribution is 0.0944. The second-order valence-corrected chi connectivity index (χ2v) is 6.30. The molecule has 2 aromatic rings. The Morgan fingerprint density at radius 1 is 1.00 bits per heavy atom. The van der Waals surface area contributed by atoms with Gasteiger partial charge in [0.2, 0.25) is 0 Å². The molecule has 2 N–H and O–H groups in total. The first-order chi connectivity index (χ1) is 11.8. The van der Waals surface area contributed by atoms with Gasteiger partial charge in [-0.1, -0.05) is 6.07 Å². The average Bonchev–Trinajstić information content (AvgIpc) is 2.58. The highest BCUT2D eigenvalue weighted by Gasteiger charge is 2.24. The Morgan fingerprint density at radius 3 is 2.16 bits per heavy atom. The number of rotatable bonds is 6. The SMILES string of the molecule is COc1ccc(C(=O)NNS(=O)(=O)c2c(F)cccc2F)cc1OC. The van der Waals surface area contributed by atoms with Crippen molar-refractivity contribution < 1.29 is 31.5 Å². The normalized spacial score (nSPS) is 11.0. The van der Waals surface area contributed by atoms with E-state index in [1.165, 1.54) is 32.4 Å². The molecule has 0 bridgehead atoms. The smallest absolute Gasteiger partial charge is 0.266 e. The molecule has 0 radical (unpaired) electrons. The van der Waals surface area contributed by atoms with Gasteiger partial charge < -0.3 is 9.47 Å². The summed E-state index contributed by atoms with van der Waals surface area (Å²) < 4.78 is 61.2. The number of hydrazine groups is 1. The Hall–Kier alpha value is -2.72. The zero-order chi connectivity index (χ0) is 18.6. The molecule has 2 aromatic carbocycles. The summed E-state index contributed by atoms with van der Waals surface area (Å²) in [5.41, 5.74) is 1.91. The van der Waals surface area contributed by atoms with Crippen LogP contribution < -0.4 is 19.7 Å². The van der Waals surface area contributed by atoms with Crippen LogP contribution in [0.25, 0.3) is 0 Å². The Morgan fingerprint density at radius 2 is 1.60 bits per heavy atom. The van der Waals surface area contributed by atoms with E-state index in [4.69, 9.17) is 9.47 Å². The number of sulfonamides is 1. The molecule has 0 unspecified atom stereocenters. The van der Waals surface area contributed by atoms with Crippen molar-refractivity contribution in [3.63, 3.8) is 0 Å². The summed E-state index contributed by atoms with van der Waals surface area (Å²) in [7, 11) is -1.87. The topological polar surface area (TPSA) is 93.7 Å². The molecule has 1 amide bonds. The fraction of sp³-hybridized carbons (Fsp3) is 0.133. The number of nitrogens with one attached hydrogen (secondary N) is 2. The van der Waals surface area contributed by atoms with Crippen LogP contribution in [0.2, 0.25) is 0 Å². The Kier molecular flexibility index (Phi) is 5.55. The highest BCUT2D eigenvalue weighted by atomic mass is 32.2. The number of carbonyl (C=O) groups is 1. The van der Waals surface area contributed by atoms with Crippen molar-refractivity contribution >= 4 is 15.9 Å². The number of hydrogen-bond acceptors (Lipinski definition) is 5. The molecule has 25 heavy (non-hydrogen) atoms. The van der Waals surface area contributed by atoms with Crippen molar-refractivity contribution in [3.8, 4) is 11.5 Å². The molecule has 0 aliphatic carbocycles. The van der Waals surface area contributed by atoms with Gasteiger partial charge in [0.1, 0.15) is 11.6 Å². The molecule has 0 saturated carbocycles. The van der Waals surface area contributed by atoms with Gasteiger partial charge in [-0.25, -0.2) is 17.2 Å². The van der Waals surface area contributed by atoms with Gasteiger partial charge in [0.25, 0.3) is 15.9 Å². The number of amides is 1. The van der Waals surface area contributed by atoms with E-state index >= 15 is 0 Å². The largest absolute Gasteiger partial charge is 0.493 e. The summed E-state index contributed by atoms with van der Waals surface area (Å²) in [6.07, 6.45) is 0. The fourth-order valence-corrected chi connectivity index (χ4v) is 2.93. The van der Waals surface area contributed by atoms with Crippen molar-refractivity contribution in [1.82, 2.24) is 10.3 Å². The molecule has 10 heteroatoms. The molecular formula is C15H14F2N2O5S. The number of benzene rings is 2. The molecule has 0 fully saturated rings. The second kappa shape index (κ2) is 7.45. The maximum absolute atomic E-state index is 13.6. The number of carbonyl (C=O) groups excluding carboxylic acids is 1. The predicted octanol–water partition coefficient (Wildman–Crippen LogP) is 1.61.